The topological polar surface area (TPSA) is 30.9 Å². The zero-order valence-corrected chi connectivity index (χ0v) is 18.8. The molecule has 2 aromatic rings. The lowest BCUT2D eigenvalue weighted by Gasteiger charge is -2.23. The summed E-state index contributed by atoms with van der Waals surface area (Å²) in [5.74, 6) is 0.717. The van der Waals surface area contributed by atoms with Crippen molar-refractivity contribution in [1.29, 1.82) is 0 Å². The summed E-state index contributed by atoms with van der Waals surface area (Å²) in [6, 6.07) is 10.9. The molecule has 0 aliphatic heterocycles. The number of rotatable bonds is 8. The smallest absolute Gasteiger partial charge is 0.193 e. The van der Waals surface area contributed by atoms with Crippen LogP contribution in [0, 0.1) is 5.82 Å². The van der Waals surface area contributed by atoms with Crippen LogP contribution in [0.3, 0.4) is 0 Å². The van der Waals surface area contributed by atoms with E-state index in [1.165, 1.54) is 17.0 Å². The highest BCUT2D eigenvalue weighted by Crippen LogP contribution is 2.09. The van der Waals surface area contributed by atoms with Crippen molar-refractivity contribution in [3.05, 3.63) is 58.0 Å². The Bertz CT molecular complexity index is 646. The number of likely N-dealkylation sites (N-methyl/N-ethyl adjacent to an activating group) is 2. The summed E-state index contributed by atoms with van der Waals surface area (Å²) in [6.45, 7) is 3.43. The standard InChI is InChI=1S/C19H27FN4S.HI/c1-21-19(24(3)12-10-18-5-4-14-25-18)22-11-13-23(2)15-16-6-8-17(20)9-7-16;/h4-9,14H,10-13,15H2,1-3H3,(H,21,22);1H. The summed E-state index contributed by atoms with van der Waals surface area (Å²) in [5, 5.41) is 5.51. The monoisotopic (exact) mass is 490 g/mol. The van der Waals surface area contributed by atoms with Crippen molar-refractivity contribution >= 4 is 41.3 Å². The maximum Gasteiger partial charge on any atom is 0.193 e. The van der Waals surface area contributed by atoms with E-state index in [0.717, 1.165) is 44.1 Å². The van der Waals surface area contributed by atoms with Crippen LogP contribution in [0.15, 0.2) is 46.8 Å². The fourth-order valence-electron chi connectivity index (χ4n) is 2.56. The van der Waals surface area contributed by atoms with Gasteiger partial charge in [0.2, 0.25) is 0 Å². The first-order valence-electron chi connectivity index (χ1n) is 8.45. The molecule has 144 valence electrons. The molecule has 4 nitrogen and oxygen atoms in total. The van der Waals surface area contributed by atoms with Crippen LogP contribution in [0.1, 0.15) is 10.4 Å². The molecule has 0 spiro atoms. The van der Waals surface area contributed by atoms with Crippen LogP contribution in [0.5, 0.6) is 0 Å². The zero-order chi connectivity index (χ0) is 18.1. The van der Waals surface area contributed by atoms with Crippen LogP contribution in [0.25, 0.3) is 0 Å². The number of hydrogen-bond donors (Lipinski definition) is 1. The molecule has 2 rings (SSSR count). The molecule has 0 aliphatic rings. The first-order chi connectivity index (χ1) is 12.1. The van der Waals surface area contributed by atoms with Gasteiger partial charge in [-0.3, -0.25) is 4.99 Å². The molecule has 1 N–H and O–H groups in total. The molecular weight excluding hydrogens is 462 g/mol. The van der Waals surface area contributed by atoms with Gasteiger partial charge in [0.15, 0.2) is 5.96 Å². The van der Waals surface area contributed by atoms with E-state index in [4.69, 9.17) is 0 Å². The van der Waals surface area contributed by atoms with Crippen molar-refractivity contribution < 1.29 is 4.39 Å². The van der Waals surface area contributed by atoms with Gasteiger partial charge in [0, 0.05) is 45.2 Å². The summed E-state index contributed by atoms with van der Waals surface area (Å²) in [6.07, 6.45) is 1.03. The van der Waals surface area contributed by atoms with E-state index in [0.29, 0.717) is 0 Å². The van der Waals surface area contributed by atoms with Gasteiger partial charge in [-0.1, -0.05) is 18.2 Å². The molecule has 0 aliphatic carbocycles. The molecule has 1 aromatic heterocycles. The van der Waals surface area contributed by atoms with E-state index < -0.39 is 0 Å². The molecule has 0 radical (unpaired) electrons. The molecule has 1 aromatic carbocycles. The lowest BCUT2D eigenvalue weighted by Crippen LogP contribution is -2.42. The fraction of sp³-hybridized carbons (Fsp3) is 0.421. The summed E-state index contributed by atoms with van der Waals surface area (Å²) in [7, 11) is 5.94. The summed E-state index contributed by atoms with van der Waals surface area (Å²) in [5.41, 5.74) is 1.11. The largest absolute Gasteiger partial charge is 0.355 e. The average Bonchev–Trinajstić information content (AvgIpc) is 3.12. The van der Waals surface area contributed by atoms with Gasteiger partial charge in [0.1, 0.15) is 5.82 Å². The molecule has 7 heteroatoms. The quantitative estimate of drug-likeness (QED) is 0.348. The number of benzene rings is 1. The third kappa shape index (κ3) is 8.01. The van der Waals surface area contributed by atoms with Gasteiger partial charge in [-0.15, -0.1) is 35.3 Å². The van der Waals surface area contributed by atoms with E-state index in [9.17, 15) is 4.39 Å². The Morgan fingerprint density at radius 2 is 1.88 bits per heavy atom. The van der Waals surface area contributed by atoms with Gasteiger partial charge >= 0.3 is 0 Å². The number of halogens is 2. The highest BCUT2D eigenvalue weighted by molar-refractivity contribution is 14.0. The van der Waals surface area contributed by atoms with Gasteiger partial charge in [-0.25, -0.2) is 4.39 Å². The van der Waals surface area contributed by atoms with Gasteiger partial charge in [0.25, 0.3) is 0 Å². The van der Waals surface area contributed by atoms with Crippen molar-refractivity contribution in [2.75, 3.05) is 40.8 Å². The van der Waals surface area contributed by atoms with Crippen LogP contribution in [-0.4, -0.2) is 56.5 Å². The molecule has 0 atom stereocenters. The molecule has 0 saturated heterocycles. The molecule has 0 fully saturated rings. The zero-order valence-electron chi connectivity index (χ0n) is 15.6. The van der Waals surface area contributed by atoms with Crippen molar-refractivity contribution in [2.45, 2.75) is 13.0 Å². The molecule has 26 heavy (non-hydrogen) atoms. The van der Waals surface area contributed by atoms with E-state index >= 15 is 0 Å². The Hall–Kier alpha value is -1.19. The van der Waals surface area contributed by atoms with Gasteiger partial charge < -0.3 is 15.1 Å². The van der Waals surface area contributed by atoms with E-state index in [1.807, 2.05) is 19.2 Å². The molecule has 0 unspecified atom stereocenters. The Morgan fingerprint density at radius 3 is 2.50 bits per heavy atom. The van der Waals surface area contributed by atoms with Gasteiger partial charge in [-0.2, -0.15) is 0 Å². The van der Waals surface area contributed by atoms with Crippen LogP contribution in [-0.2, 0) is 13.0 Å². The van der Waals surface area contributed by atoms with Crippen molar-refractivity contribution in [1.82, 2.24) is 15.1 Å². The third-order valence-electron chi connectivity index (χ3n) is 3.99. The Kier molecular flexibility index (Phi) is 10.8. The van der Waals surface area contributed by atoms with Crippen LogP contribution >= 0.6 is 35.3 Å². The average molecular weight is 490 g/mol. The van der Waals surface area contributed by atoms with Gasteiger partial charge in [-0.05, 0) is 42.6 Å². The lowest BCUT2D eigenvalue weighted by molar-refractivity contribution is 0.329. The maximum absolute atomic E-state index is 12.9. The van der Waals surface area contributed by atoms with Gasteiger partial charge in [0.05, 0.1) is 0 Å². The second-order valence-electron chi connectivity index (χ2n) is 6.09. The number of guanidine groups is 1. The van der Waals surface area contributed by atoms with Crippen LogP contribution < -0.4 is 5.32 Å². The Labute approximate surface area is 177 Å². The summed E-state index contributed by atoms with van der Waals surface area (Å²) in [4.78, 5) is 10.1. The summed E-state index contributed by atoms with van der Waals surface area (Å²) < 4.78 is 12.9. The second-order valence-corrected chi connectivity index (χ2v) is 7.12. The normalized spacial score (nSPS) is 11.3. The summed E-state index contributed by atoms with van der Waals surface area (Å²) >= 11 is 1.79. The predicted octanol–water partition coefficient (Wildman–Crippen LogP) is 3.69. The highest BCUT2D eigenvalue weighted by Gasteiger charge is 2.07. The number of nitrogens with one attached hydrogen (secondary N) is 1. The van der Waals surface area contributed by atoms with E-state index in [1.54, 1.807) is 11.3 Å². The van der Waals surface area contributed by atoms with E-state index in [-0.39, 0.29) is 29.8 Å². The second kappa shape index (κ2) is 12.2. The molecule has 0 saturated carbocycles. The third-order valence-corrected chi connectivity index (χ3v) is 4.93. The minimum Gasteiger partial charge on any atom is -0.355 e. The van der Waals surface area contributed by atoms with Crippen LogP contribution in [0.2, 0.25) is 0 Å². The number of nitrogens with zero attached hydrogens (tertiary/aromatic N) is 3. The SMILES string of the molecule is CN=C(NCCN(C)Cc1ccc(F)cc1)N(C)CCc1cccs1.I. The van der Waals surface area contributed by atoms with Crippen LogP contribution in [0.4, 0.5) is 4.39 Å². The number of thiophene rings is 1. The van der Waals surface area contributed by atoms with Crippen molar-refractivity contribution in [3.63, 3.8) is 0 Å². The van der Waals surface area contributed by atoms with E-state index in [2.05, 4.69) is 51.7 Å². The maximum atomic E-state index is 12.9. The first kappa shape index (κ1) is 22.9. The minimum atomic E-state index is -0.192. The first-order valence-corrected chi connectivity index (χ1v) is 9.33. The Balaban J connectivity index is 0.00000338. The fourth-order valence-corrected chi connectivity index (χ4v) is 3.26. The minimum absolute atomic E-state index is 0. The lowest BCUT2D eigenvalue weighted by atomic mass is 10.2. The predicted molar refractivity (Wildman–Crippen MR) is 120 cm³/mol. The number of hydrogen-bond acceptors (Lipinski definition) is 3. The van der Waals surface area contributed by atoms with Crippen molar-refractivity contribution in [3.8, 4) is 0 Å². The molecule has 0 amide bonds. The highest BCUT2D eigenvalue weighted by atomic mass is 127. The van der Waals surface area contributed by atoms with Crippen molar-refractivity contribution in [2.24, 2.45) is 4.99 Å². The molecular formula is C19H28FIN4S. The molecule has 0 bridgehead atoms. The Morgan fingerprint density at radius 1 is 1.15 bits per heavy atom. The number of aliphatic imine (C=N–C) groups is 1. The molecule has 1 heterocycles.